The van der Waals surface area contributed by atoms with E-state index in [4.69, 9.17) is 0 Å². The lowest BCUT2D eigenvalue weighted by molar-refractivity contribution is 0.277. The molecule has 1 aromatic rings. The summed E-state index contributed by atoms with van der Waals surface area (Å²) >= 11 is 1.72. The molecule has 0 spiro atoms. The number of thioether (sulfide) groups is 1. The summed E-state index contributed by atoms with van der Waals surface area (Å²) in [5.74, 6) is 0.0991. The number of aliphatic hydroxyl groups excluding tert-OH is 1. The molecule has 0 amide bonds. The zero-order chi connectivity index (χ0) is 14.9. The summed E-state index contributed by atoms with van der Waals surface area (Å²) in [5, 5.41) is 9.46. The van der Waals surface area contributed by atoms with Crippen molar-refractivity contribution in [2.45, 2.75) is 36.6 Å². The van der Waals surface area contributed by atoms with Crippen molar-refractivity contribution >= 4 is 21.8 Å². The molecule has 0 aromatic heterocycles. The van der Waals surface area contributed by atoms with Gasteiger partial charge >= 0.3 is 0 Å². The van der Waals surface area contributed by atoms with Crippen molar-refractivity contribution < 1.29 is 17.9 Å². The normalized spacial score (nSPS) is 24.8. The Morgan fingerprint density at radius 3 is 2.80 bits per heavy atom. The van der Waals surface area contributed by atoms with Gasteiger partial charge in [-0.05, 0) is 24.6 Å². The molecule has 1 aliphatic heterocycles. The quantitative estimate of drug-likeness (QED) is 0.923. The monoisotopic (exact) mass is 319 g/mol. The third-order valence-electron chi connectivity index (χ3n) is 3.61. The van der Waals surface area contributed by atoms with Crippen molar-refractivity contribution in [3.8, 4) is 0 Å². The second-order valence-electron chi connectivity index (χ2n) is 4.84. The Kier molecular flexibility index (Phi) is 4.73. The van der Waals surface area contributed by atoms with Crippen LogP contribution in [0.5, 0.6) is 0 Å². The number of rotatable bonds is 3. The lowest BCUT2D eigenvalue weighted by atomic mass is 10.2. The summed E-state index contributed by atoms with van der Waals surface area (Å²) < 4.78 is 40.2. The number of nitrogens with zero attached hydrogens (tertiary/aromatic N) is 1. The molecule has 20 heavy (non-hydrogen) atoms. The van der Waals surface area contributed by atoms with E-state index in [1.54, 1.807) is 11.8 Å². The van der Waals surface area contributed by atoms with Gasteiger partial charge < -0.3 is 5.11 Å². The van der Waals surface area contributed by atoms with Crippen LogP contribution in [0.2, 0.25) is 0 Å². The number of hydrogen-bond acceptors (Lipinski definition) is 4. The molecule has 1 aliphatic rings. The van der Waals surface area contributed by atoms with Crippen LogP contribution in [0.4, 0.5) is 4.39 Å². The molecule has 2 atom stereocenters. The maximum absolute atomic E-state index is 13.4. The predicted octanol–water partition coefficient (Wildman–Crippen LogP) is 1.83. The minimum Gasteiger partial charge on any atom is -0.392 e. The number of aliphatic hydroxyl groups is 1. The van der Waals surface area contributed by atoms with Crippen molar-refractivity contribution in [3.05, 3.63) is 29.6 Å². The molecule has 1 heterocycles. The average molecular weight is 319 g/mol. The van der Waals surface area contributed by atoms with Gasteiger partial charge in [0.15, 0.2) is 0 Å². The maximum atomic E-state index is 13.4. The second kappa shape index (κ2) is 6.01. The summed E-state index contributed by atoms with van der Waals surface area (Å²) in [6, 6.07) is 3.30. The first-order chi connectivity index (χ1) is 9.37. The average Bonchev–Trinajstić information content (AvgIpc) is 2.41. The summed E-state index contributed by atoms with van der Waals surface area (Å²) in [4.78, 5) is -0.133. The van der Waals surface area contributed by atoms with Crippen molar-refractivity contribution in [2.75, 3.05) is 12.3 Å². The summed E-state index contributed by atoms with van der Waals surface area (Å²) in [5.41, 5.74) is 0.226. The number of sulfonamides is 1. The van der Waals surface area contributed by atoms with Crippen LogP contribution in [-0.4, -0.2) is 41.4 Å². The van der Waals surface area contributed by atoms with Crippen LogP contribution in [0, 0.1) is 5.82 Å². The van der Waals surface area contributed by atoms with Crippen LogP contribution in [0.15, 0.2) is 23.1 Å². The smallest absolute Gasteiger partial charge is 0.243 e. The largest absolute Gasteiger partial charge is 0.392 e. The van der Waals surface area contributed by atoms with Crippen LogP contribution in [0.3, 0.4) is 0 Å². The molecule has 4 nitrogen and oxygen atoms in total. The molecule has 112 valence electrons. The highest BCUT2D eigenvalue weighted by atomic mass is 32.2. The van der Waals surface area contributed by atoms with Gasteiger partial charge in [0.1, 0.15) is 5.82 Å². The van der Waals surface area contributed by atoms with E-state index in [1.807, 2.05) is 13.8 Å². The van der Waals surface area contributed by atoms with Crippen molar-refractivity contribution in [3.63, 3.8) is 0 Å². The lowest BCUT2D eigenvalue weighted by Gasteiger charge is -2.36. The molecule has 2 unspecified atom stereocenters. The fraction of sp³-hybridized carbons (Fsp3) is 0.538. The molecule has 2 rings (SSSR count). The molecule has 1 saturated heterocycles. The van der Waals surface area contributed by atoms with E-state index in [9.17, 15) is 17.9 Å². The summed E-state index contributed by atoms with van der Waals surface area (Å²) in [6.45, 7) is 3.81. The Morgan fingerprint density at radius 2 is 2.15 bits per heavy atom. The summed E-state index contributed by atoms with van der Waals surface area (Å²) in [6.07, 6.45) is 0. The Labute approximate surface area is 123 Å². The van der Waals surface area contributed by atoms with Crippen LogP contribution in [0.1, 0.15) is 19.4 Å². The van der Waals surface area contributed by atoms with Crippen molar-refractivity contribution in [1.29, 1.82) is 0 Å². The van der Waals surface area contributed by atoms with Gasteiger partial charge in [0.25, 0.3) is 0 Å². The third-order valence-corrected chi connectivity index (χ3v) is 7.02. The molecular weight excluding hydrogens is 301 g/mol. The topological polar surface area (TPSA) is 57.6 Å². The highest BCUT2D eigenvalue weighted by Crippen LogP contribution is 2.30. The predicted molar refractivity (Wildman–Crippen MR) is 77.6 cm³/mol. The minimum absolute atomic E-state index is 0.133. The fourth-order valence-electron chi connectivity index (χ4n) is 2.27. The van der Waals surface area contributed by atoms with Gasteiger partial charge in [-0.1, -0.05) is 13.0 Å². The molecular formula is C13H18FNO3S2. The van der Waals surface area contributed by atoms with E-state index in [0.717, 1.165) is 12.1 Å². The van der Waals surface area contributed by atoms with Gasteiger partial charge in [-0.15, -0.1) is 0 Å². The van der Waals surface area contributed by atoms with Crippen LogP contribution in [-0.2, 0) is 16.6 Å². The first kappa shape index (κ1) is 15.8. The first-order valence-corrected chi connectivity index (χ1v) is 8.89. The van der Waals surface area contributed by atoms with E-state index in [1.165, 1.54) is 10.4 Å². The van der Waals surface area contributed by atoms with Gasteiger partial charge in [-0.25, -0.2) is 12.8 Å². The van der Waals surface area contributed by atoms with Gasteiger partial charge in [0.05, 0.1) is 11.5 Å². The second-order valence-corrected chi connectivity index (χ2v) is 8.19. The highest BCUT2D eigenvalue weighted by molar-refractivity contribution is 8.00. The standard InChI is InChI=1S/C13H18FNO3S2/c1-9-10(2)19-6-5-15(9)20(17,18)13-7-12(14)4-3-11(13)8-16/h3-4,7,9-10,16H,5-6,8H2,1-2H3. The van der Waals surface area contributed by atoms with Crippen LogP contribution in [0.25, 0.3) is 0 Å². The van der Waals surface area contributed by atoms with E-state index in [-0.39, 0.29) is 21.8 Å². The fourth-order valence-corrected chi connectivity index (χ4v) is 5.49. The lowest BCUT2D eigenvalue weighted by Crippen LogP contribution is -2.48. The number of benzene rings is 1. The zero-order valence-electron chi connectivity index (χ0n) is 11.4. The minimum atomic E-state index is -3.79. The molecule has 1 aromatic carbocycles. The molecule has 0 bridgehead atoms. The maximum Gasteiger partial charge on any atom is 0.243 e. The van der Waals surface area contributed by atoms with Gasteiger partial charge in [0, 0.05) is 23.6 Å². The molecule has 1 fully saturated rings. The zero-order valence-corrected chi connectivity index (χ0v) is 13.0. The molecule has 0 saturated carbocycles. The van der Waals surface area contributed by atoms with Crippen LogP contribution < -0.4 is 0 Å². The Bertz CT molecular complexity index is 591. The van der Waals surface area contributed by atoms with Crippen molar-refractivity contribution in [2.24, 2.45) is 0 Å². The first-order valence-electron chi connectivity index (χ1n) is 6.40. The van der Waals surface area contributed by atoms with Gasteiger partial charge in [0.2, 0.25) is 10.0 Å². The van der Waals surface area contributed by atoms with Gasteiger partial charge in [-0.3, -0.25) is 0 Å². The Balaban J connectivity index is 2.47. The van der Waals surface area contributed by atoms with E-state index in [2.05, 4.69) is 0 Å². The van der Waals surface area contributed by atoms with Gasteiger partial charge in [-0.2, -0.15) is 16.1 Å². The molecule has 0 radical (unpaired) electrons. The van der Waals surface area contributed by atoms with E-state index in [0.29, 0.717) is 12.3 Å². The number of hydrogen-bond donors (Lipinski definition) is 1. The van der Waals surface area contributed by atoms with Crippen molar-refractivity contribution in [1.82, 2.24) is 4.31 Å². The van der Waals surface area contributed by atoms with E-state index < -0.39 is 22.4 Å². The summed E-state index contributed by atoms with van der Waals surface area (Å²) in [7, 11) is -3.79. The molecule has 0 aliphatic carbocycles. The molecule has 7 heteroatoms. The highest BCUT2D eigenvalue weighted by Gasteiger charge is 2.36. The molecule has 1 N–H and O–H groups in total. The Hall–Kier alpha value is -0.630. The Morgan fingerprint density at radius 1 is 1.45 bits per heavy atom. The van der Waals surface area contributed by atoms with Crippen LogP contribution >= 0.6 is 11.8 Å². The SMILES string of the molecule is CC1SCCN(S(=O)(=O)c2cc(F)ccc2CO)C1C. The number of halogens is 1. The van der Waals surface area contributed by atoms with E-state index >= 15 is 0 Å². The third kappa shape index (κ3) is 2.86.